The van der Waals surface area contributed by atoms with Gasteiger partial charge in [-0.15, -0.1) is 0 Å². The first kappa shape index (κ1) is 59.2. The Hall–Kier alpha value is -3.75. The first-order valence-electron chi connectivity index (χ1n) is 24.8. The molecule has 358 valence electrons. The van der Waals surface area contributed by atoms with Gasteiger partial charge in [0.25, 0.3) is 0 Å². The van der Waals surface area contributed by atoms with Gasteiger partial charge in [-0.25, -0.2) is 4.79 Å². The van der Waals surface area contributed by atoms with Crippen molar-refractivity contribution in [1.29, 1.82) is 0 Å². The molecule has 2 unspecified atom stereocenters. The van der Waals surface area contributed by atoms with Gasteiger partial charge in [0.15, 0.2) is 12.1 Å². The van der Waals surface area contributed by atoms with Crippen LogP contribution in [0, 0.1) is 0 Å². The smallest absolute Gasteiger partial charge is 0.362 e. The third-order valence-electron chi connectivity index (χ3n) is 10.5. The number of quaternary nitrogens is 1. The number of hydrogen-bond donors (Lipinski definition) is 1. The first-order chi connectivity index (χ1) is 30.6. The van der Waals surface area contributed by atoms with E-state index < -0.39 is 18.1 Å². The van der Waals surface area contributed by atoms with E-state index in [1.54, 1.807) is 0 Å². The second-order valence-corrected chi connectivity index (χ2v) is 17.4. The average molecular weight is 879 g/mol. The second-order valence-electron chi connectivity index (χ2n) is 17.4. The SMILES string of the molecule is CC/C=C/C/C=C/C/C=C/C/C=C/C/C=C/C/C=C/CCCCC(=O)OCC(COCCC(C(=O)O)[N+](C)(C)C)OC(=O)CCCCCCC/C=C/C=C/CCCCCCCCC. The average Bonchev–Trinajstić information content (AvgIpc) is 3.24. The summed E-state index contributed by atoms with van der Waals surface area (Å²) in [7, 11) is 5.50. The van der Waals surface area contributed by atoms with E-state index >= 15 is 0 Å². The van der Waals surface area contributed by atoms with Gasteiger partial charge in [0.2, 0.25) is 0 Å². The lowest BCUT2D eigenvalue weighted by Crippen LogP contribution is -2.50. The summed E-state index contributed by atoms with van der Waals surface area (Å²) in [6.07, 6.45) is 60.3. The summed E-state index contributed by atoms with van der Waals surface area (Å²) in [4.78, 5) is 37.1. The van der Waals surface area contributed by atoms with Crippen LogP contribution in [0.2, 0.25) is 0 Å². The summed E-state index contributed by atoms with van der Waals surface area (Å²) in [6.45, 7) is 4.55. The fraction of sp³-hybridized carbons (Fsp3) is 0.655. The third-order valence-corrected chi connectivity index (χ3v) is 10.5. The Morgan fingerprint density at radius 2 is 0.937 bits per heavy atom. The highest BCUT2D eigenvalue weighted by Crippen LogP contribution is 2.13. The Bertz CT molecular complexity index is 1350. The number of esters is 2. The van der Waals surface area contributed by atoms with E-state index in [1.165, 1.54) is 44.9 Å². The van der Waals surface area contributed by atoms with Crippen LogP contribution in [-0.4, -0.2) is 80.6 Å². The van der Waals surface area contributed by atoms with Gasteiger partial charge in [0.05, 0.1) is 34.4 Å². The molecule has 1 N–H and O–H groups in total. The van der Waals surface area contributed by atoms with Crippen LogP contribution in [0.5, 0.6) is 0 Å². The van der Waals surface area contributed by atoms with Gasteiger partial charge < -0.3 is 23.8 Å². The van der Waals surface area contributed by atoms with Gasteiger partial charge in [-0.05, 0) is 89.9 Å². The molecular weight excluding hydrogens is 787 g/mol. The number of aliphatic carboxylic acids is 1. The van der Waals surface area contributed by atoms with Gasteiger partial charge in [0.1, 0.15) is 6.61 Å². The molecule has 0 aromatic carbocycles. The maximum atomic E-state index is 12.8. The van der Waals surface area contributed by atoms with Gasteiger partial charge >= 0.3 is 17.9 Å². The molecule has 0 aromatic rings. The van der Waals surface area contributed by atoms with Crippen molar-refractivity contribution >= 4 is 17.9 Å². The highest BCUT2D eigenvalue weighted by atomic mass is 16.6. The summed E-state index contributed by atoms with van der Waals surface area (Å²) in [5.41, 5.74) is 0. The molecule has 0 saturated carbocycles. The predicted octanol–water partition coefficient (Wildman–Crippen LogP) is 14.2. The van der Waals surface area contributed by atoms with Crippen LogP contribution >= 0.6 is 0 Å². The molecule has 8 heteroatoms. The quantitative estimate of drug-likeness (QED) is 0.0214. The lowest BCUT2D eigenvalue weighted by Gasteiger charge is -2.31. The molecule has 63 heavy (non-hydrogen) atoms. The fourth-order valence-corrected chi connectivity index (χ4v) is 6.67. The topological polar surface area (TPSA) is 99.1 Å². The highest BCUT2D eigenvalue weighted by Gasteiger charge is 2.31. The van der Waals surface area contributed by atoms with Gasteiger partial charge in [-0.3, -0.25) is 9.59 Å². The second kappa shape index (κ2) is 44.8. The zero-order valence-electron chi connectivity index (χ0n) is 40.7. The summed E-state index contributed by atoms with van der Waals surface area (Å²) in [5.74, 6) is -1.55. The molecular formula is C55H92NO7+. The fourth-order valence-electron chi connectivity index (χ4n) is 6.67. The number of carbonyl (C=O) groups is 3. The van der Waals surface area contributed by atoms with Gasteiger partial charge in [0, 0.05) is 19.3 Å². The number of carbonyl (C=O) groups excluding carboxylic acids is 2. The minimum Gasteiger partial charge on any atom is -0.477 e. The van der Waals surface area contributed by atoms with Crippen LogP contribution in [0.4, 0.5) is 0 Å². The zero-order valence-corrected chi connectivity index (χ0v) is 40.7. The van der Waals surface area contributed by atoms with Gasteiger partial charge in [-0.2, -0.15) is 0 Å². The largest absolute Gasteiger partial charge is 0.477 e. The van der Waals surface area contributed by atoms with Crippen molar-refractivity contribution in [2.45, 2.75) is 193 Å². The molecule has 0 radical (unpaired) electrons. The molecule has 0 amide bonds. The molecule has 0 aliphatic heterocycles. The molecule has 0 bridgehead atoms. The number of carboxylic acid groups (broad SMARTS) is 1. The van der Waals surface area contributed by atoms with Crippen LogP contribution in [-0.2, 0) is 28.6 Å². The van der Waals surface area contributed by atoms with Crippen LogP contribution in [0.25, 0.3) is 0 Å². The summed E-state index contributed by atoms with van der Waals surface area (Å²) in [6, 6.07) is -0.630. The molecule has 0 aliphatic carbocycles. The molecule has 0 aliphatic rings. The Labute approximate surface area is 386 Å². The van der Waals surface area contributed by atoms with E-state index in [0.29, 0.717) is 25.7 Å². The summed E-state index contributed by atoms with van der Waals surface area (Å²) in [5, 5.41) is 9.65. The molecule has 0 aromatic heterocycles. The highest BCUT2D eigenvalue weighted by molar-refractivity contribution is 5.72. The lowest BCUT2D eigenvalue weighted by atomic mass is 10.1. The number of likely N-dealkylation sites (N-methyl/N-ethyl adjacent to an activating group) is 1. The normalized spacial score (nSPS) is 13.7. The monoisotopic (exact) mass is 879 g/mol. The third kappa shape index (κ3) is 43.3. The van der Waals surface area contributed by atoms with Crippen molar-refractivity contribution in [3.63, 3.8) is 0 Å². The molecule has 0 saturated heterocycles. The van der Waals surface area contributed by atoms with E-state index in [-0.39, 0.29) is 36.2 Å². The minimum atomic E-state index is -0.887. The first-order valence-corrected chi connectivity index (χ1v) is 24.8. The van der Waals surface area contributed by atoms with E-state index in [9.17, 15) is 19.5 Å². The predicted molar refractivity (Wildman–Crippen MR) is 266 cm³/mol. The maximum absolute atomic E-state index is 12.8. The van der Waals surface area contributed by atoms with Gasteiger partial charge in [-0.1, -0.05) is 169 Å². The molecule has 0 rings (SSSR count). The van der Waals surface area contributed by atoms with E-state index in [4.69, 9.17) is 14.2 Å². The van der Waals surface area contributed by atoms with Crippen molar-refractivity contribution in [2.24, 2.45) is 0 Å². The number of allylic oxidation sites excluding steroid dienone is 16. The van der Waals surface area contributed by atoms with E-state index in [1.807, 2.05) is 21.1 Å². The number of rotatable bonds is 43. The van der Waals surface area contributed by atoms with Crippen LogP contribution < -0.4 is 0 Å². The number of nitrogens with zero attached hydrogens (tertiary/aromatic N) is 1. The molecule has 0 heterocycles. The Kier molecular flexibility index (Phi) is 42.2. The molecule has 0 fully saturated rings. The summed E-state index contributed by atoms with van der Waals surface area (Å²) < 4.78 is 17.3. The maximum Gasteiger partial charge on any atom is 0.362 e. The number of unbranched alkanes of at least 4 members (excludes halogenated alkanes) is 14. The van der Waals surface area contributed by atoms with Crippen LogP contribution in [0.15, 0.2) is 97.2 Å². The van der Waals surface area contributed by atoms with Crippen LogP contribution in [0.3, 0.4) is 0 Å². The van der Waals surface area contributed by atoms with Crippen molar-refractivity contribution in [3.05, 3.63) is 97.2 Å². The number of carboxylic acids is 1. The summed E-state index contributed by atoms with van der Waals surface area (Å²) >= 11 is 0. The Morgan fingerprint density at radius 3 is 1.44 bits per heavy atom. The van der Waals surface area contributed by atoms with Crippen molar-refractivity contribution < 1.29 is 38.2 Å². The number of hydrogen-bond acceptors (Lipinski definition) is 6. The number of ether oxygens (including phenoxy) is 3. The van der Waals surface area contributed by atoms with Crippen molar-refractivity contribution in [2.75, 3.05) is 41.0 Å². The van der Waals surface area contributed by atoms with E-state index in [2.05, 4.69) is 111 Å². The van der Waals surface area contributed by atoms with Crippen molar-refractivity contribution in [1.82, 2.24) is 0 Å². The zero-order chi connectivity index (χ0) is 46.3. The molecule has 2 atom stereocenters. The Balaban J connectivity index is 4.41. The molecule has 8 nitrogen and oxygen atoms in total. The van der Waals surface area contributed by atoms with E-state index in [0.717, 1.165) is 96.3 Å². The standard InChI is InChI=1S/C55H91NO7/c1-6-8-10-12-14-16-18-20-22-24-26-27-28-30-31-33-35-37-39-41-43-45-53(57)62-50-51(49-61-48-47-52(55(59)60)56(3,4)5)63-54(58)46-44-42-40-38-36-34-32-29-25-23-21-19-17-15-13-11-9-7-2/h8,10,14,16,20,22-23,25-27,29-32,35,37,51-52H,6-7,9,11-13,15,17-19,21,24,28,33-34,36,38-50H2,1-5H3/p+1/b10-8+,16-14+,22-20+,25-23+,27-26+,31-30+,32-29+,37-35+. The minimum absolute atomic E-state index is 0.0347. The van der Waals surface area contributed by atoms with Crippen LogP contribution in [0.1, 0.15) is 181 Å². The van der Waals surface area contributed by atoms with Crippen molar-refractivity contribution in [3.8, 4) is 0 Å². The lowest BCUT2D eigenvalue weighted by molar-refractivity contribution is -0.887. The molecule has 0 spiro atoms. The Morgan fingerprint density at radius 1 is 0.508 bits per heavy atom.